The molecule has 1 aromatic heterocycles. The molecule has 3 aromatic rings. The van der Waals surface area contributed by atoms with Crippen molar-refractivity contribution in [2.45, 2.75) is 25.6 Å². The Labute approximate surface area is 153 Å². The molecule has 0 radical (unpaired) electrons. The molecule has 0 spiro atoms. The topological polar surface area (TPSA) is 80.4 Å². The summed E-state index contributed by atoms with van der Waals surface area (Å²) in [5.74, 6) is 1.89. The minimum Gasteiger partial charge on any atom is -0.457 e. The van der Waals surface area contributed by atoms with Gasteiger partial charge in [-0.3, -0.25) is 0 Å². The third kappa shape index (κ3) is 4.39. The van der Waals surface area contributed by atoms with Crippen molar-refractivity contribution >= 4 is 5.82 Å². The Morgan fingerprint density at radius 2 is 1.81 bits per heavy atom. The van der Waals surface area contributed by atoms with Crippen LogP contribution in [0.3, 0.4) is 0 Å². The van der Waals surface area contributed by atoms with Gasteiger partial charge in [0.15, 0.2) is 0 Å². The molecule has 4 N–H and O–H groups in total. The Hall–Kier alpha value is -2.89. The third-order valence-corrected chi connectivity index (χ3v) is 4.10. The maximum atomic E-state index is 10.0. The number of aliphatic hydroxyl groups is 1. The molecular formula is C21H23N3O2. The van der Waals surface area contributed by atoms with E-state index in [0.29, 0.717) is 18.0 Å². The Kier molecular flexibility index (Phi) is 5.84. The van der Waals surface area contributed by atoms with E-state index < -0.39 is 6.23 Å². The van der Waals surface area contributed by atoms with Crippen molar-refractivity contribution in [1.82, 2.24) is 4.98 Å². The number of ether oxygens (including phenoxy) is 1. The normalized spacial score (nSPS) is 13.0. The standard InChI is InChI=1S/C21H23N3O2/c1-2-18(22)21(25)24-20-14-16(12-13-23-20)26-19-11-7-6-10-17(19)15-8-4-3-5-9-15/h3-14,18,21,25H,2,22H2,1H3,(H,23,24)/t18-,21?/m1/s1. The Bertz CT molecular complexity index is 839. The zero-order valence-corrected chi connectivity index (χ0v) is 14.7. The summed E-state index contributed by atoms with van der Waals surface area (Å²) in [4.78, 5) is 4.21. The summed E-state index contributed by atoms with van der Waals surface area (Å²) < 4.78 is 6.08. The smallest absolute Gasteiger partial charge is 0.140 e. The minimum absolute atomic E-state index is 0.361. The van der Waals surface area contributed by atoms with Gasteiger partial charge < -0.3 is 20.9 Å². The van der Waals surface area contributed by atoms with Gasteiger partial charge in [0.1, 0.15) is 23.5 Å². The Balaban J connectivity index is 1.81. The van der Waals surface area contributed by atoms with Crippen LogP contribution in [0.15, 0.2) is 72.9 Å². The minimum atomic E-state index is -0.862. The maximum absolute atomic E-state index is 10.0. The molecule has 0 aliphatic heterocycles. The van der Waals surface area contributed by atoms with Crippen LogP contribution in [-0.2, 0) is 0 Å². The van der Waals surface area contributed by atoms with Crippen molar-refractivity contribution in [3.05, 3.63) is 72.9 Å². The fourth-order valence-electron chi connectivity index (χ4n) is 2.57. The highest BCUT2D eigenvalue weighted by atomic mass is 16.5. The molecule has 0 bridgehead atoms. The molecule has 1 heterocycles. The van der Waals surface area contributed by atoms with Crippen molar-refractivity contribution in [3.63, 3.8) is 0 Å². The molecule has 0 aliphatic carbocycles. The number of hydrogen-bond donors (Lipinski definition) is 3. The number of para-hydroxylation sites is 1. The number of aromatic nitrogens is 1. The molecular weight excluding hydrogens is 326 g/mol. The first-order valence-corrected chi connectivity index (χ1v) is 8.66. The lowest BCUT2D eigenvalue weighted by molar-refractivity contribution is 0.169. The lowest BCUT2D eigenvalue weighted by atomic mass is 10.1. The SMILES string of the molecule is CC[C@@H](N)C(O)Nc1cc(Oc2ccccc2-c2ccccc2)ccn1. The van der Waals surface area contributed by atoms with Gasteiger partial charge in [-0.2, -0.15) is 0 Å². The van der Waals surface area contributed by atoms with Gasteiger partial charge in [-0.25, -0.2) is 4.98 Å². The lowest BCUT2D eigenvalue weighted by Crippen LogP contribution is -2.39. The van der Waals surface area contributed by atoms with Gasteiger partial charge in [0, 0.05) is 23.9 Å². The van der Waals surface area contributed by atoms with Crippen molar-refractivity contribution in [3.8, 4) is 22.6 Å². The van der Waals surface area contributed by atoms with E-state index in [4.69, 9.17) is 10.5 Å². The molecule has 0 amide bonds. The second-order valence-corrected chi connectivity index (χ2v) is 6.00. The first-order chi connectivity index (χ1) is 12.7. The van der Waals surface area contributed by atoms with Gasteiger partial charge in [-0.15, -0.1) is 0 Å². The highest BCUT2D eigenvalue weighted by molar-refractivity contribution is 5.70. The molecule has 0 fully saturated rings. The zero-order chi connectivity index (χ0) is 18.4. The van der Waals surface area contributed by atoms with Crippen LogP contribution in [0, 0.1) is 0 Å². The van der Waals surface area contributed by atoms with Crippen LogP contribution in [0.25, 0.3) is 11.1 Å². The number of benzene rings is 2. The summed E-state index contributed by atoms with van der Waals surface area (Å²) in [6.45, 7) is 1.92. The van der Waals surface area contributed by atoms with E-state index in [0.717, 1.165) is 16.9 Å². The molecule has 26 heavy (non-hydrogen) atoms. The Morgan fingerprint density at radius 1 is 1.08 bits per heavy atom. The number of anilines is 1. The molecule has 2 atom stereocenters. The predicted molar refractivity (Wildman–Crippen MR) is 104 cm³/mol. The Morgan fingerprint density at radius 3 is 2.58 bits per heavy atom. The molecule has 3 rings (SSSR count). The quantitative estimate of drug-likeness (QED) is 0.562. The largest absolute Gasteiger partial charge is 0.457 e. The van der Waals surface area contributed by atoms with E-state index >= 15 is 0 Å². The molecule has 2 aromatic carbocycles. The van der Waals surface area contributed by atoms with Crippen LogP contribution in [0.5, 0.6) is 11.5 Å². The monoisotopic (exact) mass is 349 g/mol. The molecule has 134 valence electrons. The predicted octanol–water partition coefficient (Wildman–Crippen LogP) is 4.01. The second-order valence-electron chi connectivity index (χ2n) is 6.00. The third-order valence-electron chi connectivity index (χ3n) is 4.10. The van der Waals surface area contributed by atoms with E-state index in [1.165, 1.54) is 0 Å². The zero-order valence-electron chi connectivity index (χ0n) is 14.7. The van der Waals surface area contributed by atoms with Gasteiger partial charge in [0.2, 0.25) is 0 Å². The van der Waals surface area contributed by atoms with E-state index in [1.54, 1.807) is 18.3 Å². The van der Waals surface area contributed by atoms with Gasteiger partial charge in [-0.05, 0) is 24.1 Å². The number of nitrogens with one attached hydrogen (secondary N) is 1. The van der Waals surface area contributed by atoms with Crippen LogP contribution in [0.1, 0.15) is 13.3 Å². The van der Waals surface area contributed by atoms with Gasteiger partial charge in [0.05, 0.1) is 0 Å². The fourth-order valence-corrected chi connectivity index (χ4v) is 2.57. The van der Waals surface area contributed by atoms with E-state index in [-0.39, 0.29) is 6.04 Å². The first-order valence-electron chi connectivity index (χ1n) is 8.66. The average Bonchev–Trinajstić information content (AvgIpc) is 2.68. The van der Waals surface area contributed by atoms with Crippen LogP contribution < -0.4 is 15.8 Å². The highest BCUT2D eigenvalue weighted by Gasteiger charge is 2.13. The fraction of sp³-hybridized carbons (Fsp3) is 0.190. The molecule has 0 saturated carbocycles. The molecule has 5 nitrogen and oxygen atoms in total. The molecule has 0 aliphatic rings. The molecule has 0 saturated heterocycles. The number of aliphatic hydroxyl groups excluding tert-OH is 1. The molecule has 5 heteroatoms. The van der Waals surface area contributed by atoms with Crippen LogP contribution in [0.2, 0.25) is 0 Å². The average molecular weight is 349 g/mol. The lowest BCUT2D eigenvalue weighted by Gasteiger charge is -2.19. The van der Waals surface area contributed by atoms with Gasteiger partial charge >= 0.3 is 0 Å². The van der Waals surface area contributed by atoms with Crippen LogP contribution >= 0.6 is 0 Å². The number of rotatable bonds is 7. The summed E-state index contributed by atoms with van der Waals surface area (Å²) in [7, 11) is 0. The van der Waals surface area contributed by atoms with Gasteiger partial charge in [-0.1, -0.05) is 55.5 Å². The van der Waals surface area contributed by atoms with Crippen molar-refractivity contribution < 1.29 is 9.84 Å². The molecule has 1 unspecified atom stereocenters. The van der Waals surface area contributed by atoms with E-state index in [1.807, 2.05) is 61.5 Å². The number of hydrogen-bond acceptors (Lipinski definition) is 5. The van der Waals surface area contributed by atoms with Crippen molar-refractivity contribution in [2.75, 3.05) is 5.32 Å². The first kappa shape index (κ1) is 17.9. The highest BCUT2D eigenvalue weighted by Crippen LogP contribution is 2.33. The summed E-state index contributed by atoms with van der Waals surface area (Å²) in [5, 5.41) is 12.9. The summed E-state index contributed by atoms with van der Waals surface area (Å²) >= 11 is 0. The van der Waals surface area contributed by atoms with Gasteiger partial charge in [0.25, 0.3) is 0 Å². The van der Waals surface area contributed by atoms with Crippen LogP contribution in [0.4, 0.5) is 5.82 Å². The van der Waals surface area contributed by atoms with Crippen LogP contribution in [-0.4, -0.2) is 22.4 Å². The number of pyridine rings is 1. The summed E-state index contributed by atoms with van der Waals surface area (Å²) in [6, 6.07) is 21.1. The van der Waals surface area contributed by atoms with E-state index in [2.05, 4.69) is 10.3 Å². The van der Waals surface area contributed by atoms with E-state index in [9.17, 15) is 5.11 Å². The summed E-state index contributed by atoms with van der Waals surface area (Å²) in [5.41, 5.74) is 7.93. The maximum Gasteiger partial charge on any atom is 0.140 e. The van der Waals surface area contributed by atoms with Crippen molar-refractivity contribution in [2.24, 2.45) is 5.73 Å². The second kappa shape index (κ2) is 8.47. The summed E-state index contributed by atoms with van der Waals surface area (Å²) in [6.07, 6.45) is 1.43. The number of nitrogens with two attached hydrogens (primary N) is 1. The van der Waals surface area contributed by atoms with Crippen molar-refractivity contribution in [1.29, 1.82) is 0 Å². The number of nitrogens with zero attached hydrogens (tertiary/aromatic N) is 1.